The van der Waals surface area contributed by atoms with Crippen molar-refractivity contribution in [2.24, 2.45) is 5.73 Å². The average Bonchev–Trinajstić information content (AvgIpc) is 0.876. The quantitative estimate of drug-likeness (QED) is 0.0217. The highest BCUT2D eigenvalue weighted by atomic mass is 79.9. The Morgan fingerprint density at radius 3 is 1.59 bits per heavy atom. The number of aromatic nitrogens is 12. The number of halogens is 8. The molecule has 1 radical (unpaired) electrons. The number of ketones is 1. The number of rotatable bonds is 15. The monoisotopic (exact) mass is 1710 g/mol. The molecule has 0 spiro atoms. The number of aliphatic hydroxyl groups is 1. The first-order valence-electron chi connectivity index (χ1n) is 32.7. The largest absolute Gasteiger partial charge is 0.569 e. The predicted molar refractivity (Wildman–Crippen MR) is 436 cm³/mol. The molecule has 111 heavy (non-hydrogen) atoms. The predicted octanol–water partition coefficient (Wildman–Crippen LogP) is 15.5. The van der Waals surface area contributed by atoms with Crippen molar-refractivity contribution in [3.05, 3.63) is 323 Å². The molecular weight excluding hydrogens is 1650 g/mol. The second kappa shape index (κ2) is 41.4. The van der Waals surface area contributed by atoms with E-state index in [0.717, 1.165) is 85.4 Å². The highest BCUT2D eigenvalue weighted by Crippen LogP contribution is 2.36. The minimum Gasteiger partial charge on any atom is -0.537 e. The fourth-order valence-corrected chi connectivity index (χ4v) is 12.1. The Labute approximate surface area is 680 Å². The van der Waals surface area contributed by atoms with Gasteiger partial charge in [-0.05, 0) is 182 Å². The molecule has 567 valence electrons. The SMILES string of the molecule is Brc1ccc2ncnn2c1.Cl.Clc1ccc(C2CNCc3cc(-c4ccc5ncnn5c4)ccc32)cc1Cl.NCC(=O)c1ccc(Cl)c(Cl)c1.O=Cc1cccc(-c2ccc3ncnn3c2)c1.O=Cc1cccc(O[B]O)c1.O=S(=O)(O)O.OC(CNCc1cccc(-c2ccc3ncnn3c2)c1)c1ccc(Cl)c(Cl)c1. The first kappa shape index (κ1) is 85.1. The Morgan fingerprint density at radius 2 is 1.05 bits per heavy atom. The van der Waals surface area contributed by atoms with Gasteiger partial charge < -0.3 is 31.2 Å². The van der Waals surface area contributed by atoms with E-state index in [-0.39, 0.29) is 30.7 Å². The van der Waals surface area contributed by atoms with Crippen molar-refractivity contribution in [1.82, 2.24) is 69.0 Å². The normalized spacial score (nSPS) is 12.2. The molecular formula is C76H63BBrCl7N15O10S. The van der Waals surface area contributed by atoms with E-state index >= 15 is 0 Å². The Balaban J connectivity index is 0.000000157. The van der Waals surface area contributed by atoms with Crippen molar-refractivity contribution >= 4 is 157 Å². The minimum atomic E-state index is -4.67. The third-order valence-corrected chi connectivity index (χ3v) is 18.8. The molecule has 0 saturated carbocycles. The van der Waals surface area contributed by atoms with Gasteiger partial charge in [0.05, 0.1) is 42.8 Å². The van der Waals surface area contributed by atoms with Gasteiger partial charge in [0.1, 0.15) is 43.6 Å². The zero-order chi connectivity index (χ0) is 78.3. The molecule has 1 aliphatic heterocycles. The van der Waals surface area contributed by atoms with E-state index in [2.05, 4.69) is 120 Å². The van der Waals surface area contributed by atoms with Crippen LogP contribution in [0.3, 0.4) is 0 Å². The van der Waals surface area contributed by atoms with Crippen LogP contribution in [-0.4, -0.2) is 132 Å². The lowest BCUT2D eigenvalue weighted by atomic mass is 9.84. The summed E-state index contributed by atoms with van der Waals surface area (Å²) in [6.45, 7) is 2.77. The Bertz CT molecular complexity index is 5800. The topological polar surface area (TPSA) is 346 Å². The molecule has 9 heterocycles. The van der Waals surface area contributed by atoms with E-state index in [4.69, 9.17) is 97.9 Å². The van der Waals surface area contributed by atoms with E-state index in [1.165, 1.54) is 47.0 Å². The van der Waals surface area contributed by atoms with Crippen LogP contribution < -0.4 is 21.0 Å². The number of carbonyl (C=O) groups is 3. The number of Topliss-reactive ketones (excluding diaryl/α,β-unsaturated/α-hetero) is 1. The van der Waals surface area contributed by atoms with Gasteiger partial charge >= 0.3 is 18.1 Å². The summed E-state index contributed by atoms with van der Waals surface area (Å²) in [5, 5.41) is 44.8. The lowest BCUT2D eigenvalue weighted by Crippen LogP contribution is -2.28. The minimum absolute atomic E-state index is 0. The van der Waals surface area contributed by atoms with Crippen LogP contribution in [0.1, 0.15) is 70.9 Å². The van der Waals surface area contributed by atoms with Crippen LogP contribution in [0.2, 0.25) is 30.1 Å². The van der Waals surface area contributed by atoms with Crippen LogP contribution in [-0.2, 0) is 23.5 Å². The molecule has 15 aromatic rings. The van der Waals surface area contributed by atoms with Crippen molar-refractivity contribution < 1.29 is 46.7 Å². The van der Waals surface area contributed by atoms with Crippen molar-refractivity contribution in [2.45, 2.75) is 25.1 Å². The summed E-state index contributed by atoms with van der Waals surface area (Å²) in [5.74, 6) is 0.557. The summed E-state index contributed by atoms with van der Waals surface area (Å²) >= 11 is 38.9. The fourth-order valence-electron chi connectivity index (χ4n) is 10.9. The summed E-state index contributed by atoms with van der Waals surface area (Å²) in [4.78, 5) is 48.5. The molecule has 2 unspecified atom stereocenters. The molecule has 8 aromatic heterocycles. The molecule has 0 fully saturated rings. The number of fused-ring (bicyclic) bond motifs is 5. The number of aliphatic hydroxyl groups excluding tert-OH is 1. The maximum Gasteiger partial charge on any atom is 0.569 e. The molecule has 25 nitrogen and oxygen atoms in total. The molecule has 16 rings (SSSR count). The molecule has 7 aromatic carbocycles. The highest BCUT2D eigenvalue weighted by Gasteiger charge is 2.23. The Hall–Kier alpha value is -9.93. The van der Waals surface area contributed by atoms with E-state index in [1.54, 1.807) is 85.3 Å². The number of nitrogens with two attached hydrogens (primary N) is 1. The van der Waals surface area contributed by atoms with Gasteiger partial charge in [-0.3, -0.25) is 23.5 Å². The number of carbonyl (C=O) groups excluding carboxylic acids is 3. The van der Waals surface area contributed by atoms with E-state index in [0.29, 0.717) is 79.6 Å². The van der Waals surface area contributed by atoms with Crippen molar-refractivity contribution in [1.29, 1.82) is 0 Å². The Morgan fingerprint density at radius 1 is 0.577 bits per heavy atom. The van der Waals surface area contributed by atoms with E-state index < -0.39 is 16.5 Å². The van der Waals surface area contributed by atoms with Gasteiger partial charge in [0.25, 0.3) is 0 Å². The second-order valence-electron chi connectivity index (χ2n) is 23.5. The first-order chi connectivity index (χ1) is 53.0. The number of hydrogen-bond acceptors (Lipinski definition) is 19. The van der Waals surface area contributed by atoms with Crippen LogP contribution in [0, 0.1) is 0 Å². The van der Waals surface area contributed by atoms with Crippen LogP contribution in [0.25, 0.3) is 56.0 Å². The number of pyridine rings is 4. The third-order valence-electron chi connectivity index (χ3n) is 16.1. The fraction of sp³-hybridized carbons (Fsp3) is 0.0921. The number of benzene rings is 7. The van der Waals surface area contributed by atoms with Crippen molar-refractivity contribution in [2.75, 3.05) is 19.6 Å². The number of aldehydes is 2. The first-order valence-corrected chi connectivity index (χ1v) is 37.2. The number of nitrogens with one attached hydrogen (secondary N) is 2. The van der Waals surface area contributed by atoms with Gasteiger partial charge in [0.15, 0.2) is 28.4 Å². The Kier molecular flexibility index (Phi) is 31.7. The summed E-state index contributed by atoms with van der Waals surface area (Å²) < 4.78 is 44.2. The molecule has 0 amide bonds. The van der Waals surface area contributed by atoms with Crippen molar-refractivity contribution in [3.63, 3.8) is 0 Å². The van der Waals surface area contributed by atoms with Gasteiger partial charge in [-0.15, -0.1) is 12.4 Å². The van der Waals surface area contributed by atoms with Crippen LogP contribution in [0.4, 0.5) is 0 Å². The van der Waals surface area contributed by atoms with Gasteiger partial charge in [0.2, 0.25) is 0 Å². The summed E-state index contributed by atoms with van der Waals surface area (Å²) in [7, 11) is -4.09. The third kappa shape index (κ3) is 24.8. The van der Waals surface area contributed by atoms with Crippen LogP contribution in [0.5, 0.6) is 5.75 Å². The zero-order valence-corrected chi connectivity index (χ0v) is 65.4. The highest BCUT2D eigenvalue weighted by molar-refractivity contribution is 9.10. The standard InChI is InChI=1S/C21H18Cl2N4O.C21H16Cl2N4.C13H9N3O.C8H7Cl2NO.C7H6BO3.C6H4BrN3.ClH.H2O4S/c22-18-6-4-16(9-19(18)23)20(28)11-24-10-14-2-1-3-15(8-14)17-5-7-21-25-13-26-27(21)12-17;22-19-5-2-14(8-20(19)23)18-10-24-9-16-7-13(1-4-17(16)18)15-3-6-21-25-12-26-27(21)11-15;17-8-10-2-1-3-11(6-10)12-4-5-13-14-9-15-16(13)7-12;9-6-2-1-5(3-7(6)10)8(12)4-11;9-5-6-2-1-3-7(4-6)11-8-10;7-5-1-2-6-8-4-9-10(6)3-5;;1-5(2,3)4/h1-9,12-13,20,24,28H,10-11H2;1-8,11-12,18,24H,9-10H2;1-9H;1-3H,4,11H2;1-5,10H;1-4H;1H;(H2,1,2,3,4). The van der Waals surface area contributed by atoms with Gasteiger partial charge in [0, 0.05) is 94.7 Å². The molecule has 1 aliphatic rings. The average molecular weight is 1720 g/mol. The van der Waals surface area contributed by atoms with E-state index in [1.807, 2.05) is 104 Å². The zero-order valence-electron chi connectivity index (χ0n) is 57.7. The molecule has 8 N–H and O–H groups in total. The molecule has 0 aliphatic carbocycles. The number of nitrogens with zero attached hydrogens (tertiary/aromatic N) is 12. The number of hydrogen-bond donors (Lipinski definition) is 7. The van der Waals surface area contributed by atoms with Crippen molar-refractivity contribution in [3.8, 4) is 39.1 Å². The molecule has 0 saturated heterocycles. The molecule has 0 bridgehead atoms. The summed E-state index contributed by atoms with van der Waals surface area (Å²) in [5.41, 5.74) is 22.3. The van der Waals surface area contributed by atoms with Crippen LogP contribution >= 0.6 is 97.9 Å². The van der Waals surface area contributed by atoms with Gasteiger partial charge in [-0.1, -0.05) is 142 Å². The summed E-state index contributed by atoms with van der Waals surface area (Å²) in [6, 6.07) is 60.4. The molecule has 35 heteroatoms. The smallest absolute Gasteiger partial charge is 0.537 e. The van der Waals surface area contributed by atoms with Gasteiger partial charge in [-0.2, -0.15) is 28.8 Å². The van der Waals surface area contributed by atoms with Crippen LogP contribution in [0.15, 0.2) is 249 Å². The maximum atomic E-state index is 11.1. The lowest BCUT2D eigenvalue weighted by Gasteiger charge is -2.27. The summed E-state index contributed by atoms with van der Waals surface area (Å²) in [6.07, 6.45) is 14.8. The van der Waals surface area contributed by atoms with Gasteiger partial charge in [-0.25, -0.2) is 38.0 Å². The second-order valence-corrected chi connectivity index (χ2v) is 27.8. The maximum absolute atomic E-state index is 11.1. The molecule has 2 atom stereocenters. The lowest BCUT2D eigenvalue weighted by molar-refractivity contribution is 0.100. The van der Waals surface area contributed by atoms with E-state index in [9.17, 15) is 19.5 Å².